The summed E-state index contributed by atoms with van der Waals surface area (Å²) in [6.45, 7) is 0. The molecule has 0 unspecified atom stereocenters. The summed E-state index contributed by atoms with van der Waals surface area (Å²) in [4.78, 5) is 13.5. The highest BCUT2D eigenvalue weighted by Gasteiger charge is 2.15. The predicted molar refractivity (Wildman–Crippen MR) is 154 cm³/mol. The Morgan fingerprint density at radius 1 is 0.579 bits per heavy atom. The van der Waals surface area contributed by atoms with E-state index < -0.39 is 0 Å². The minimum absolute atomic E-state index is 0.710. The van der Waals surface area contributed by atoms with E-state index in [1.54, 1.807) is 12.4 Å². The maximum Gasteiger partial charge on any atom is 0.159 e. The zero-order chi connectivity index (χ0) is 25.1. The van der Waals surface area contributed by atoms with Crippen molar-refractivity contribution in [1.82, 2.24) is 24.1 Å². The molecule has 8 rings (SSSR count). The molecular formula is C33H21N5. The molecule has 0 N–H and O–H groups in total. The first-order chi connectivity index (χ1) is 18.8. The molecule has 4 aromatic carbocycles. The predicted octanol–water partition coefficient (Wildman–Crippen LogP) is 7.73. The Morgan fingerprint density at radius 3 is 2.32 bits per heavy atom. The van der Waals surface area contributed by atoms with Crippen LogP contribution in [0.5, 0.6) is 0 Å². The number of fused-ring (bicyclic) bond motifs is 5. The van der Waals surface area contributed by atoms with Gasteiger partial charge in [0.15, 0.2) is 5.82 Å². The fourth-order valence-electron chi connectivity index (χ4n) is 5.46. The van der Waals surface area contributed by atoms with Gasteiger partial charge in [-0.15, -0.1) is 0 Å². The van der Waals surface area contributed by atoms with Crippen molar-refractivity contribution in [1.29, 1.82) is 0 Å². The van der Waals surface area contributed by atoms with Crippen molar-refractivity contribution < 1.29 is 0 Å². The van der Waals surface area contributed by atoms with Crippen LogP contribution in [-0.4, -0.2) is 24.1 Å². The van der Waals surface area contributed by atoms with Gasteiger partial charge in [0.25, 0.3) is 0 Å². The number of para-hydroxylation sites is 2. The SMILES string of the molecule is c1ccc(-n2ccc3cc4c(cc32)c2ccccc2n4-c2ccc(-c3ncc4cnccc4n3)cc2)cc1. The lowest BCUT2D eigenvalue weighted by Crippen LogP contribution is -1.95. The lowest BCUT2D eigenvalue weighted by Gasteiger charge is -2.10. The smallest absolute Gasteiger partial charge is 0.159 e. The number of nitrogens with zero attached hydrogens (tertiary/aromatic N) is 5. The van der Waals surface area contributed by atoms with Gasteiger partial charge in [0, 0.05) is 63.3 Å². The molecule has 0 spiro atoms. The molecule has 0 saturated heterocycles. The number of hydrogen-bond donors (Lipinski definition) is 0. The van der Waals surface area contributed by atoms with Gasteiger partial charge in [0.2, 0.25) is 0 Å². The number of pyridine rings is 1. The number of aromatic nitrogens is 5. The van der Waals surface area contributed by atoms with Crippen molar-refractivity contribution in [2.75, 3.05) is 0 Å². The second-order valence-corrected chi connectivity index (χ2v) is 9.48. The fourth-order valence-corrected chi connectivity index (χ4v) is 5.46. The molecular weight excluding hydrogens is 466 g/mol. The zero-order valence-corrected chi connectivity index (χ0v) is 20.4. The van der Waals surface area contributed by atoms with Gasteiger partial charge < -0.3 is 9.13 Å². The molecule has 38 heavy (non-hydrogen) atoms. The number of hydrogen-bond acceptors (Lipinski definition) is 3. The van der Waals surface area contributed by atoms with Crippen LogP contribution in [-0.2, 0) is 0 Å². The Hall–Kier alpha value is -5.29. The van der Waals surface area contributed by atoms with Crippen LogP contribution >= 0.6 is 0 Å². The van der Waals surface area contributed by atoms with E-state index in [1.807, 2.05) is 12.3 Å². The first-order valence-corrected chi connectivity index (χ1v) is 12.6. The van der Waals surface area contributed by atoms with Crippen LogP contribution in [0.15, 0.2) is 128 Å². The maximum absolute atomic E-state index is 4.74. The Balaban J connectivity index is 1.30. The van der Waals surface area contributed by atoms with Gasteiger partial charge in [0.05, 0.1) is 22.1 Å². The lowest BCUT2D eigenvalue weighted by molar-refractivity contribution is 1.13. The molecule has 0 aliphatic carbocycles. The van der Waals surface area contributed by atoms with E-state index in [2.05, 4.69) is 122 Å². The van der Waals surface area contributed by atoms with E-state index in [-0.39, 0.29) is 0 Å². The van der Waals surface area contributed by atoms with Crippen molar-refractivity contribution in [2.45, 2.75) is 0 Å². The molecule has 4 heterocycles. The summed E-state index contributed by atoms with van der Waals surface area (Å²) in [5.41, 5.74) is 7.71. The van der Waals surface area contributed by atoms with E-state index in [9.17, 15) is 0 Å². The van der Waals surface area contributed by atoms with E-state index in [0.29, 0.717) is 5.82 Å². The summed E-state index contributed by atoms with van der Waals surface area (Å²) in [7, 11) is 0. The largest absolute Gasteiger partial charge is 0.317 e. The van der Waals surface area contributed by atoms with Crippen LogP contribution in [0, 0.1) is 0 Å². The highest BCUT2D eigenvalue weighted by molar-refractivity contribution is 6.13. The molecule has 4 aromatic heterocycles. The standard InChI is InChI=1S/C33H21N5/c1-2-6-25(7-3-1)37-17-15-23-18-32-28(19-31(23)37)27-8-4-5-9-30(27)38(32)26-12-10-22(11-13-26)33-35-21-24-20-34-16-14-29(24)36-33/h1-21H. The normalized spacial score (nSPS) is 11.7. The molecule has 5 heteroatoms. The summed E-state index contributed by atoms with van der Waals surface area (Å²) in [5.74, 6) is 0.710. The topological polar surface area (TPSA) is 48.5 Å². The van der Waals surface area contributed by atoms with Crippen molar-refractivity contribution in [3.8, 4) is 22.8 Å². The Labute approximate surface area is 218 Å². The monoisotopic (exact) mass is 487 g/mol. The van der Waals surface area contributed by atoms with Crippen molar-refractivity contribution >= 4 is 43.6 Å². The summed E-state index contributed by atoms with van der Waals surface area (Å²) in [6.07, 6.45) is 7.53. The molecule has 0 amide bonds. The highest BCUT2D eigenvalue weighted by Crippen LogP contribution is 2.36. The van der Waals surface area contributed by atoms with E-state index in [1.165, 1.54) is 32.7 Å². The van der Waals surface area contributed by atoms with Crippen LogP contribution in [0.1, 0.15) is 0 Å². The maximum atomic E-state index is 4.74. The minimum Gasteiger partial charge on any atom is -0.317 e. The van der Waals surface area contributed by atoms with Gasteiger partial charge in [-0.1, -0.05) is 36.4 Å². The van der Waals surface area contributed by atoms with Crippen LogP contribution in [0.3, 0.4) is 0 Å². The van der Waals surface area contributed by atoms with Crippen LogP contribution in [0.25, 0.3) is 66.4 Å². The number of benzene rings is 4. The Bertz CT molecular complexity index is 2120. The summed E-state index contributed by atoms with van der Waals surface area (Å²) in [6, 6.07) is 36.4. The van der Waals surface area contributed by atoms with Crippen molar-refractivity contribution in [3.63, 3.8) is 0 Å². The first kappa shape index (κ1) is 20.9. The van der Waals surface area contributed by atoms with Gasteiger partial charge >= 0.3 is 0 Å². The van der Waals surface area contributed by atoms with Crippen LogP contribution < -0.4 is 0 Å². The van der Waals surface area contributed by atoms with Gasteiger partial charge in [0.1, 0.15) is 0 Å². The quantitative estimate of drug-likeness (QED) is 0.256. The molecule has 0 fully saturated rings. The van der Waals surface area contributed by atoms with Gasteiger partial charge in [-0.05, 0) is 66.7 Å². The molecule has 0 aliphatic rings. The van der Waals surface area contributed by atoms with Gasteiger partial charge in [-0.3, -0.25) is 4.98 Å². The highest BCUT2D eigenvalue weighted by atomic mass is 15.0. The molecule has 178 valence electrons. The fraction of sp³-hybridized carbons (Fsp3) is 0. The zero-order valence-electron chi connectivity index (χ0n) is 20.4. The third-order valence-corrected chi connectivity index (χ3v) is 7.28. The van der Waals surface area contributed by atoms with Crippen molar-refractivity contribution in [2.24, 2.45) is 0 Å². The average Bonchev–Trinajstić information content (AvgIpc) is 3.55. The average molecular weight is 488 g/mol. The second kappa shape index (κ2) is 8.11. The third-order valence-electron chi connectivity index (χ3n) is 7.28. The third kappa shape index (κ3) is 3.15. The second-order valence-electron chi connectivity index (χ2n) is 9.48. The molecule has 0 saturated carbocycles. The minimum atomic E-state index is 0.710. The molecule has 0 aliphatic heterocycles. The molecule has 0 bridgehead atoms. The summed E-state index contributed by atoms with van der Waals surface area (Å²) >= 11 is 0. The molecule has 0 atom stereocenters. The Morgan fingerprint density at radius 2 is 1.42 bits per heavy atom. The molecule has 8 aromatic rings. The van der Waals surface area contributed by atoms with E-state index >= 15 is 0 Å². The molecule has 0 radical (unpaired) electrons. The summed E-state index contributed by atoms with van der Waals surface area (Å²) in [5, 5.41) is 4.62. The lowest BCUT2D eigenvalue weighted by atomic mass is 10.1. The Kier molecular flexibility index (Phi) is 4.45. The van der Waals surface area contributed by atoms with E-state index in [4.69, 9.17) is 4.98 Å². The summed E-state index contributed by atoms with van der Waals surface area (Å²) < 4.78 is 4.61. The van der Waals surface area contributed by atoms with Crippen LogP contribution in [0.4, 0.5) is 0 Å². The van der Waals surface area contributed by atoms with E-state index in [0.717, 1.165) is 27.8 Å². The van der Waals surface area contributed by atoms with Crippen LogP contribution in [0.2, 0.25) is 0 Å². The first-order valence-electron chi connectivity index (χ1n) is 12.6. The van der Waals surface area contributed by atoms with Gasteiger partial charge in [-0.2, -0.15) is 0 Å². The van der Waals surface area contributed by atoms with Crippen molar-refractivity contribution in [3.05, 3.63) is 128 Å². The van der Waals surface area contributed by atoms with Gasteiger partial charge in [-0.25, -0.2) is 9.97 Å². The number of rotatable bonds is 3. The molecule has 5 nitrogen and oxygen atoms in total.